The van der Waals surface area contributed by atoms with E-state index in [1.54, 1.807) is 37.3 Å². The van der Waals surface area contributed by atoms with Crippen molar-refractivity contribution < 1.29 is 33.6 Å². The van der Waals surface area contributed by atoms with E-state index in [-0.39, 0.29) is 25.9 Å². The van der Waals surface area contributed by atoms with E-state index in [9.17, 15) is 14.7 Å². The summed E-state index contributed by atoms with van der Waals surface area (Å²) >= 11 is 0. The predicted octanol–water partition coefficient (Wildman–Crippen LogP) is 2.66. The SMILES string of the molecule is COCCNC(=O)N1C[C@H](c2ccc(OC)cc2)[C@@H](C(=O)O)[C@@H](c2ccc3c(c2)OCO3)C1. The number of nitrogens with zero attached hydrogens (tertiary/aromatic N) is 1. The maximum atomic E-state index is 12.9. The summed E-state index contributed by atoms with van der Waals surface area (Å²) in [5, 5.41) is 13.1. The van der Waals surface area contributed by atoms with E-state index in [4.69, 9.17) is 18.9 Å². The van der Waals surface area contributed by atoms with E-state index in [1.165, 1.54) is 0 Å². The molecule has 2 amide bonds. The molecule has 4 rings (SSSR count). The van der Waals surface area contributed by atoms with Crippen molar-refractivity contribution in [2.75, 3.05) is 47.3 Å². The molecular formula is C24H28N2O7. The number of carbonyl (C=O) groups is 2. The topological polar surface area (TPSA) is 107 Å². The number of likely N-dealkylation sites (tertiary alicyclic amines) is 1. The van der Waals surface area contributed by atoms with Crippen molar-refractivity contribution in [2.45, 2.75) is 11.8 Å². The van der Waals surface area contributed by atoms with Crippen LogP contribution < -0.4 is 19.5 Å². The summed E-state index contributed by atoms with van der Waals surface area (Å²) in [6, 6.07) is 12.6. The van der Waals surface area contributed by atoms with Crippen molar-refractivity contribution in [1.29, 1.82) is 0 Å². The van der Waals surface area contributed by atoms with Crippen molar-refractivity contribution in [2.24, 2.45) is 5.92 Å². The largest absolute Gasteiger partial charge is 0.497 e. The Morgan fingerprint density at radius 1 is 1.03 bits per heavy atom. The molecule has 2 aliphatic heterocycles. The number of carbonyl (C=O) groups excluding carboxylic acids is 1. The number of methoxy groups -OCH3 is 2. The second kappa shape index (κ2) is 9.99. The molecule has 1 saturated heterocycles. The van der Waals surface area contributed by atoms with Crippen LogP contribution in [0.15, 0.2) is 42.5 Å². The Labute approximate surface area is 192 Å². The molecule has 2 heterocycles. The van der Waals surface area contributed by atoms with Crippen molar-refractivity contribution in [3.8, 4) is 17.2 Å². The van der Waals surface area contributed by atoms with Crippen LogP contribution in [-0.4, -0.2) is 69.3 Å². The molecule has 0 radical (unpaired) electrons. The molecule has 2 N–H and O–H groups in total. The average molecular weight is 456 g/mol. The molecule has 2 aliphatic rings. The number of amides is 2. The van der Waals surface area contributed by atoms with Crippen LogP contribution in [-0.2, 0) is 9.53 Å². The molecule has 0 aliphatic carbocycles. The Kier molecular flexibility index (Phi) is 6.88. The highest BCUT2D eigenvalue weighted by molar-refractivity contribution is 5.77. The number of aliphatic carboxylic acids is 1. The zero-order valence-electron chi connectivity index (χ0n) is 18.7. The lowest BCUT2D eigenvalue weighted by atomic mass is 9.71. The molecule has 176 valence electrons. The van der Waals surface area contributed by atoms with Gasteiger partial charge in [-0.2, -0.15) is 0 Å². The number of urea groups is 1. The van der Waals surface area contributed by atoms with Crippen LogP contribution in [0.4, 0.5) is 4.79 Å². The summed E-state index contributed by atoms with van der Waals surface area (Å²) in [6.45, 7) is 1.44. The zero-order chi connectivity index (χ0) is 23.4. The quantitative estimate of drug-likeness (QED) is 0.617. The average Bonchev–Trinajstić information content (AvgIpc) is 3.31. The molecule has 0 spiro atoms. The van der Waals surface area contributed by atoms with Gasteiger partial charge >= 0.3 is 12.0 Å². The highest BCUT2D eigenvalue weighted by Gasteiger charge is 2.44. The molecular weight excluding hydrogens is 428 g/mol. The monoisotopic (exact) mass is 456 g/mol. The maximum absolute atomic E-state index is 12.9. The van der Waals surface area contributed by atoms with Gasteiger partial charge in [-0.25, -0.2) is 4.79 Å². The first kappa shape index (κ1) is 22.7. The minimum absolute atomic E-state index is 0.133. The Bertz CT molecular complexity index is 995. The van der Waals surface area contributed by atoms with E-state index in [0.717, 1.165) is 11.1 Å². The second-order valence-electron chi connectivity index (χ2n) is 8.09. The van der Waals surface area contributed by atoms with Crippen molar-refractivity contribution >= 4 is 12.0 Å². The van der Waals surface area contributed by atoms with E-state index in [0.29, 0.717) is 30.4 Å². The van der Waals surface area contributed by atoms with Crippen LogP contribution in [0.5, 0.6) is 17.2 Å². The standard InChI is InChI=1S/C24H28N2O7/c1-30-10-9-25-24(29)26-12-18(15-3-6-17(31-2)7-4-15)22(23(27)28)19(13-26)16-5-8-20-21(11-16)33-14-32-20/h3-8,11,18-19,22H,9-10,12-14H2,1-2H3,(H,25,29)(H,27,28)/t18-,19-,22-/m1/s1. The van der Waals surface area contributed by atoms with E-state index < -0.39 is 23.7 Å². The molecule has 9 heteroatoms. The van der Waals surface area contributed by atoms with Gasteiger partial charge < -0.3 is 34.3 Å². The number of hydrogen-bond donors (Lipinski definition) is 2. The van der Waals surface area contributed by atoms with Gasteiger partial charge in [0.05, 0.1) is 19.6 Å². The lowest BCUT2D eigenvalue weighted by Gasteiger charge is -2.42. The van der Waals surface area contributed by atoms with E-state index in [2.05, 4.69) is 5.32 Å². The Hall–Kier alpha value is -3.46. The Morgan fingerprint density at radius 2 is 1.70 bits per heavy atom. The molecule has 3 atom stereocenters. The highest BCUT2D eigenvalue weighted by atomic mass is 16.7. The molecule has 0 aromatic heterocycles. The minimum atomic E-state index is -0.905. The van der Waals surface area contributed by atoms with Gasteiger partial charge in [-0.05, 0) is 35.4 Å². The van der Waals surface area contributed by atoms with Gasteiger partial charge in [0.2, 0.25) is 6.79 Å². The minimum Gasteiger partial charge on any atom is -0.497 e. The molecule has 2 aromatic rings. The molecule has 1 fully saturated rings. The van der Waals surface area contributed by atoms with Crippen LogP contribution >= 0.6 is 0 Å². The molecule has 0 unspecified atom stereocenters. The summed E-state index contributed by atoms with van der Waals surface area (Å²) in [5.41, 5.74) is 1.63. The van der Waals surface area contributed by atoms with Crippen molar-refractivity contribution in [3.63, 3.8) is 0 Å². The van der Waals surface area contributed by atoms with Crippen LogP contribution in [0.3, 0.4) is 0 Å². The number of piperidine rings is 1. The summed E-state index contributed by atoms with van der Waals surface area (Å²) in [6.07, 6.45) is 0. The first-order valence-corrected chi connectivity index (χ1v) is 10.8. The van der Waals surface area contributed by atoms with Gasteiger partial charge in [-0.1, -0.05) is 18.2 Å². The fraction of sp³-hybridized carbons (Fsp3) is 0.417. The Balaban J connectivity index is 1.70. The number of benzene rings is 2. The zero-order valence-corrected chi connectivity index (χ0v) is 18.7. The van der Waals surface area contributed by atoms with Crippen molar-refractivity contribution in [3.05, 3.63) is 53.6 Å². The van der Waals surface area contributed by atoms with Gasteiger partial charge in [0.15, 0.2) is 11.5 Å². The summed E-state index contributed by atoms with van der Waals surface area (Å²) in [7, 11) is 3.15. The first-order valence-electron chi connectivity index (χ1n) is 10.8. The number of carboxylic acid groups (broad SMARTS) is 1. The fourth-order valence-electron chi connectivity index (χ4n) is 4.56. The van der Waals surface area contributed by atoms with Gasteiger partial charge in [0.25, 0.3) is 0 Å². The van der Waals surface area contributed by atoms with Crippen LogP contribution in [0.25, 0.3) is 0 Å². The molecule has 9 nitrogen and oxygen atoms in total. The number of carboxylic acids is 1. The number of fused-ring (bicyclic) bond motifs is 1. The lowest BCUT2D eigenvalue weighted by molar-refractivity contribution is -0.144. The maximum Gasteiger partial charge on any atom is 0.317 e. The first-order chi connectivity index (χ1) is 16.0. The highest BCUT2D eigenvalue weighted by Crippen LogP contribution is 2.44. The van der Waals surface area contributed by atoms with Gasteiger partial charge in [-0.15, -0.1) is 0 Å². The Morgan fingerprint density at radius 3 is 2.36 bits per heavy atom. The molecule has 2 aromatic carbocycles. The molecule has 0 bridgehead atoms. The fourth-order valence-corrected chi connectivity index (χ4v) is 4.56. The number of rotatable bonds is 7. The second-order valence-corrected chi connectivity index (χ2v) is 8.09. The number of hydrogen-bond acceptors (Lipinski definition) is 6. The van der Waals surface area contributed by atoms with E-state index in [1.807, 2.05) is 24.3 Å². The van der Waals surface area contributed by atoms with Crippen LogP contribution in [0.2, 0.25) is 0 Å². The van der Waals surface area contributed by atoms with Crippen LogP contribution in [0, 0.1) is 5.92 Å². The van der Waals surface area contributed by atoms with Crippen molar-refractivity contribution in [1.82, 2.24) is 10.2 Å². The van der Waals surface area contributed by atoms with Gasteiger partial charge in [0, 0.05) is 38.6 Å². The number of nitrogens with one attached hydrogen (secondary N) is 1. The third-order valence-corrected chi connectivity index (χ3v) is 6.22. The molecule has 33 heavy (non-hydrogen) atoms. The lowest BCUT2D eigenvalue weighted by Crippen LogP contribution is -2.52. The van der Waals surface area contributed by atoms with Crippen LogP contribution in [0.1, 0.15) is 23.0 Å². The predicted molar refractivity (Wildman–Crippen MR) is 119 cm³/mol. The summed E-state index contributed by atoms with van der Waals surface area (Å²) in [5.74, 6) is -0.596. The number of ether oxygens (including phenoxy) is 4. The van der Waals surface area contributed by atoms with Gasteiger partial charge in [-0.3, -0.25) is 4.79 Å². The van der Waals surface area contributed by atoms with E-state index >= 15 is 0 Å². The third kappa shape index (κ3) is 4.83. The molecule has 0 saturated carbocycles. The third-order valence-electron chi connectivity index (χ3n) is 6.22. The normalized spacial score (nSPS) is 21.5. The summed E-state index contributed by atoms with van der Waals surface area (Å²) < 4.78 is 21.2. The summed E-state index contributed by atoms with van der Waals surface area (Å²) in [4.78, 5) is 27.2. The smallest absolute Gasteiger partial charge is 0.317 e. The van der Waals surface area contributed by atoms with Gasteiger partial charge in [0.1, 0.15) is 5.75 Å².